The van der Waals surface area contributed by atoms with Crippen molar-refractivity contribution < 1.29 is 9.90 Å². The summed E-state index contributed by atoms with van der Waals surface area (Å²) < 4.78 is 0. The molecule has 0 bridgehead atoms. The summed E-state index contributed by atoms with van der Waals surface area (Å²) in [4.78, 5) is 17.5. The van der Waals surface area contributed by atoms with Crippen LogP contribution in [0, 0.1) is 0 Å². The van der Waals surface area contributed by atoms with E-state index in [0.29, 0.717) is 5.69 Å². The molecular formula is C15H23N3O2. The molecule has 0 aliphatic heterocycles. The zero-order chi connectivity index (χ0) is 14.5. The van der Waals surface area contributed by atoms with Crippen molar-refractivity contribution >= 4 is 11.6 Å². The van der Waals surface area contributed by atoms with Crippen molar-refractivity contribution in [2.45, 2.75) is 44.2 Å². The quantitative estimate of drug-likeness (QED) is 0.828. The van der Waals surface area contributed by atoms with Gasteiger partial charge in [0.2, 0.25) is 0 Å². The number of hydrogen-bond donors (Lipinski definition) is 2. The molecule has 0 aromatic carbocycles. The van der Waals surface area contributed by atoms with Crippen LogP contribution in [0.25, 0.3) is 0 Å². The van der Waals surface area contributed by atoms with E-state index in [9.17, 15) is 9.90 Å². The molecule has 1 saturated carbocycles. The first-order valence-electron chi connectivity index (χ1n) is 7.20. The average molecular weight is 277 g/mol. The van der Waals surface area contributed by atoms with Gasteiger partial charge in [0.05, 0.1) is 12.1 Å². The largest absolute Gasteiger partial charge is 0.391 e. The van der Waals surface area contributed by atoms with Crippen LogP contribution in [0.1, 0.15) is 42.6 Å². The first-order chi connectivity index (χ1) is 9.58. The molecule has 0 radical (unpaired) electrons. The number of pyridine rings is 1. The van der Waals surface area contributed by atoms with Crippen LogP contribution in [0.4, 0.5) is 5.69 Å². The number of aliphatic hydroxyl groups is 1. The van der Waals surface area contributed by atoms with Crippen molar-refractivity contribution in [1.29, 1.82) is 0 Å². The van der Waals surface area contributed by atoms with E-state index < -0.39 is 0 Å². The highest BCUT2D eigenvalue weighted by Crippen LogP contribution is 2.22. The van der Waals surface area contributed by atoms with E-state index in [2.05, 4.69) is 10.3 Å². The number of rotatable bonds is 3. The minimum absolute atomic E-state index is 0.0576. The fraction of sp³-hybridized carbons (Fsp3) is 0.600. The molecule has 1 aliphatic carbocycles. The highest BCUT2D eigenvalue weighted by molar-refractivity contribution is 5.92. The molecule has 5 nitrogen and oxygen atoms in total. The van der Waals surface area contributed by atoms with Gasteiger partial charge >= 0.3 is 0 Å². The summed E-state index contributed by atoms with van der Waals surface area (Å²) >= 11 is 0. The molecule has 1 aromatic heterocycles. The van der Waals surface area contributed by atoms with Gasteiger partial charge in [-0.25, -0.2) is 0 Å². The first kappa shape index (κ1) is 14.8. The van der Waals surface area contributed by atoms with Crippen LogP contribution in [-0.4, -0.2) is 47.1 Å². The van der Waals surface area contributed by atoms with Crippen molar-refractivity contribution in [2.75, 3.05) is 19.4 Å². The molecule has 5 heteroatoms. The normalized spacial score (nSPS) is 22.9. The number of nitrogens with one attached hydrogen (secondary N) is 1. The SMILES string of the molecule is CN(C)C(=O)c1cc(NC2CCCCCC2O)ccn1. The van der Waals surface area contributed by atoms with E-state index in [4.69, 9.17) is 0 Å². The number of carbonyl (C=O) groups excluding carboxylic acids is 1. The van der Waals surface area contributed by atoms with Gasteiger partial charge in [0.25, 0.3) is 5.91 Å². The number of carbonyl (C=O) groups is 1. The fourth-order valence-corrected chi connectivity index (χ4v) is 2.54. The molecular weight excluding hydrogens is 254 g/mol. The third-order valence-corrected chi connectivity index (χ3v) is 3.72. The first-order valence-corrected chi connectivity index (χ1v) is 7.20. The molecule has 1 aromatic rings. The number of aliphatic hydroxyl groups excluding tert-OH is 1. The predicted octanol–water partition coefficient (Wildman–Crippen LogP) is 1.89. The smallest absolute Gasteiger partial charge is 0.272 e. The minimum atomic E-state index is -0.321. The maximum atomic E-state index is 11.9. The number of aromatic nitrogens is 1. The van der Waals surface area contributed by atoms with Crippen molar-refractivity contribution in [1.82, 2.24) is 9.88 Å². The third kappa shape index (κ3) is 3.70. The molecule has 0 spiro atoms. The number of hydrogen-bond acceptors (Lipinski definition) is 4. The lowest BCUT2D eigenvalue weighted by atomic mass is 10.1. The van der Waals surface area contributed by atoms with Crippen molar-refractivity contribution in [3.63, 3.8) is 0 Å². The van der Waals surface area contributed by atoms with E-state index >= 15 is 0 Å². The number of anilines is 1. The Bertz CT molecular complexity index is 462. The van der Waals surface area contributed by atoms with Gasteiger partial charge < -0.3 is 15.3 Å². The molecule has 1 heterocycles. The van der Waals surface area contributed by atoms with Gasteiger partial charge in [-0.3, -0.25) is 9.78 Å². The Morgan fingerprint density at radius 1 is 1.35 bits per heavy atom. The maximum absolute atomic E-state index is 11.9. The summed E-state index contributed by atoms with van der Waals surface area (Å²) in [6.45, 7) is 0. The summed E-state index contributed by atoms with van der Waals surface area (Å²) in [5.41, 5.74) is 1.26. The van der Waals surface area contributed by atoms with Gasteiger partial charge in [0, 0.05) is 26.0 Å². The molecule has 20 heavy (non-hydrogen) atoms. The Labute approximate surface area is 120 Å². The highest BCUT2D eigenvalue weighted by atomic mass is 16.3. The van der Waals surface area contributed by atoms with E-state index in [0.717, 1.165) is 31.4 Å². The average Bonchev–Trinajstić information content (AvgIpc) is 2.63. The van der Waals surface area contributed by atoms with Crippen LogP contribution >= 0.6 is 0 Å². The Kier molecular flexibility index (Phi) is 4.95. The molecule has 1 amide bonds. The summed E-state index contributed by atoms with van der Waals surface area (Å²) in [7, 11) is 3.42. The standard InChI is InChI=1S/C15H23N3O2/c1-18(2)15(20)13-10-11(8-9-16-13)17-12-6-4-3-5-7-14(12)19/h8-10,12,14,19H,3-7H2,1-2H3,(H,16,17). The molecule has 2 N–H and O–H groups in total. The van der Waals surface area contributed by atoms with Crippen molar-refractivity contribution in [3.8, 4) is 0 Å². The molecule has 0 saturated heterocycles. The zero-order valence-electron chi connectivity index (χ0n) is 12.2. The van der Waals surface area contributed by atoms with Crippen molar-refractivity contribution in [3.05, 3.63) is 24.0 Å². The van der Waals surface area contributed by atoms with Crippen LogP contribution in [0.2, 0.25) is 0 Å². The monoisotopic (exact) mass is 277 g/mol. The number of nitrogens with zero attached hydrogens (tertiary/aromatic N) is 2. The second-order valence-electron chi connectivity index (χ2n) is 5.59. The Hall–Kier alpha value is -1.62. The Balaban J connectivity index is 2.09. The van der Waals surface area contributed by atoms with Crippen LogP contribution in [0.3, 0.4) is 0 Å². The maximum Gasteiger partial charge on any atom is 0.272 e. The molecule has 2 rings (SSSR count). The van der Waals surface area contributed by atoms with Crippen molar-refractivity contribution in [2.24, 2.45) is 0 Å². The zero-order valence-corrected chi connectivity index (χ0v) is 12.2. The molecule has 1 aliphatic rings. The van der Waals surface area contributed by atoms with Crippen LogP contribution in [0.5, 0.6) is 0 Å². The van der Waals surface area contributed by atoms with Gasteiger partial charge in [-0.1, -0.05) is 19.3 Å². The lowest BCUT2D eigenvalue weighted by molar-refractivity contribution is 0.0822. The molecule has 2 atom stereocenters. The summed E-state index contributed by atoms with van der Waals surface area (Å²) in [5.74, 6) is -0.116. The van der Waals surface area contributed by atoms with E-state index in [1.807, 2.05) is 6.07 Å². The van der Waals surface area contributed by atoms with Crippen LogP contribution in [-0.2, 0) is 0 Å². The summed E-state index contributed by atoms with van der Waals surface area (Å²) in [6.07, 6.45) is 6.49. The highest BCUT2D eigenvalue weighted by Gasteiger charge is 2.21. The van der Waals surface area contributed by atoms with Gasteiger partial charge in [-0.15, -0.1) is 0 Å². The van der Waals surface area contributed by atoms with Gasteiger partial charge in [0.15, 0.2) is 0 Å². The topological polar surface area (TPSA) is 65.5 Å². The fourth-order valence-electron chi connectivity index (χ4n) is 2.54. The minimum Gasteiger partial charge on any atom is -0.391 e. The second-order valence-corrected chi connectivity index (χ2v) is 5.59. The molecule has 110 valence electrons. The lowest BCUT2D eigenvalue weighted by Gasteiger charge is -2.23. The van der Waals surface area contributed by atoms with E-state index in [1.165, 1.54) is 11.3 Å². The lowest BCUT2D eigenvalue weighted by Crippen LogP contribution is -2.32. The van der Waals surface area contributed by atoms with Gasteiger partial charge in [-0.2, -0.15) is 0 Å². The number of amides is 1. The Morgan fingerprint density at radius 3 is 2.85 bits per heavy atom. The van der Waals surface area contributed by atoms with Gasteiger partial charge in [-0.05, 0) is 25.0 Å². The third-order valence-electron chi connectivity index (χ3n) is 3.72. The Morgan fingerprint density at radius 2 is 2.10 bits per heavy atom. The van der Waals surface area contributed by atoms with E-state index in [-0.39, 0.29) is 18.1 Å². The summed E-state index contributed by atoms with van der Waals surface area (Å²) in [5, 5.41) is 13.5. The van der Waals surface area contributed by atoms with Crippen LogP contribution in [0.15, 0.2) is 18.3 Å². The summed E-state index contributed by atoms with van der Waals surface area (Å²) in [6, 6.07) is 3.64. The molecule has 2 unspecified atom stereocenters. The van der Waals surface area contributed by atoms with Crippen LogP contribution < -0.4 is 5.32 Å². The van der Waals surface area contributed by atoms with E-state index in [1.54, 1.807) is 26.4 Å². The predicted molar refractivity (Wildman–Crippen MR) is 78.8 cm³/mol. The molecule has 1 fully saturated rings. The van der Waals surface area contributed by atoms with Gasteiger partial charge in [0.1, 0.15) is 5.69 Å². The second kappa shape index (κ2) is 6.70.